The van der Waals surface area contributed by atoms with Gasteiger partial charge in [-0.25, -0.2) is 0 Å². The molecule has 0 radical (unpaired) electrons. The fourth-order valence-corrected chi connectivity index (χ4v) is 3.18. The van der Waals surface area contributed by atoms with Crippen molar-refractivity contribution in [3.05, 3.63) is 29.3 Å². The molecule has 2 aliphatic rings. The van der Waals surface area contributed by atoms with Crippen LogP contribution in [0, 0.1) is 5.92 Å². The van der Waals surface area contributed by atoms with E-state index in [1.165, 1.54) is 0 Å². The van der Waals surface area contributed by atoms with E-state index < -0.39 is 6.04 Å². The molecule has 1 aromatic carbocycles. The average Bonchev–Trinajstić information content (AvgIpc) is 2.90. The predicted octanol–water partition coefficient (Wildman–Crippen LogP) is 1.56. The highest BCUT2D eigenvalue weighted by Gasteiger charge is 2.35. The Hall–Kier alpha value is -1.59. The second kappa shape index (κ2) is 6.67. The highest BCUT2D eigenvalue weighted by molar-refractivity contribution is 6.30. The standard InChI is InChI=1S/C16H20ClN3O2/c17-12-3-5-13(6-4-12)20-9-7-14(16(20)22)19-15(21)11-2-1-8-18-10-11/h3-6,11,14,18H,1-2,7-10H2,(H,19,21). The van der Waals surface area contributed by atoms with E-state index in [1.54, 1.807) is 17.0 Å². The van der Waals surface area contributed by atoms with Crippen LogP contribution in [0.2, 0.25) is 5.02 Å². The molecule has 0 bridgehead atoms. The number of piperidine rings is 1. The molecule has 0 aromatic heterocycles. The highest BCUT2D eigenvalue weighted by atomic mass is 35.5. The topological polar surface area (TPSA) is 61.4 Å². The van der Waals surface area contributed by atoms with Crippen LogP contribution in [-0.2, 0) is 9.59 Å². The third-order valence-electron chi connectivity index (χ3n) is 4.33. The molecule has 2 heterocycles. The second-order valence-corrected chi connectivity index (χ2v) is 6.30. The summed E-state index contributed by atoms with van der Waals surface area (Å²) in [6, 6.07) is 6.78. The lowest BCUT2D eigenvalue weighted by Crippen LogP contribution is -2.47. The predicted molar refractivity (Wildman–Crippen MR) is 85.9 cm³/mol. The van der Waals surface area contributed by atoms with Gasteiger partial charge in [0.15, 0.2) is 0 Å². The molecule has 2 fully saturated rings. The van der Waals surface area contributed by atoms with Gasteiger partial charge in [0.2, 0.25) is 11.8 Å². The molecule has 2 N–H and O–H groups in total. The number of hydrogen-bond donors (Lipinski definition) is 2. The van der Waals surface area contributed by atoms with Gasteiger partial charge in [-0.2, -0.15) is 0 Å². The molecule has 2 amide bonds. The van der Waals surface area contributed by atoms with Crippen LogP contribution < -0.4 is 15.5 Å². The van der Waals surface area contributed by atoms with Crippen LogP contribution in [0.5, 0.6) is 0 Å². The lowest BCUT2D eigenvalue weighted by Gasteiger charge is -2.23. The number of anilines is 1. The first-order valence-corrected chi connectivity index (χ1v) is 8.11. The summed E-state index contributed by atoms with van der Waals surface area (Å²) in [6.45, 7) is 2.29. The van der Waals surface area contributed by atoms with Crippen LogP contribution in [0.4, 0.5) is 5.69 Å². The zero-order valence-corrected chi connectivity index (χ0v) is 13.1. The molecule has 3 rings (SSSR count). The Kier molecular flexibility index (Phi) is 4.64. The Balaban J connectivity index is 1.61. The Morgan fingerprint density at radius 3 is 2.73 bits per heavy atom. The van der Waals surface area contributed by atoms with Gasteiger partial charge in [0, 0.05) is 23.8 Å². The van der Waals surface area contributed by atoms with Crippen molar-refractivity contribution in [2.45, 2.75) is 25.3 Å². The largest absolute Gasteiger partial charge is 0.344 e. The Labute approximate surface area is 135 Å². The number of carbonyl (C=O) groups is 2. The van der Waals surface area contributed by atoms with Crippen LogP contribution in [-0.4, -0.2) is 37.5 Å². The third-order valence-corrected chi connectivity index (χ3v) is 4.58. The number of benzene rings is 1. The molecule has 1 aromatic rings. The smallest absolute Gasteiger partial charge is 0.249 e. The SMILES string of the molecule is O=C(NC1CCN(c2ccc(Cl)cc2)C1=O)C1CCCNC1. The fourth-order valence-electron chi connectivity index (χ4n) is 3.06. The summed E-state index contributed by atoms with van der Waals surface area (Å²) in [7, 11) is 0. The van der Waals surface area contributed by atoms with E-state index >= 15 is 0 Å². The van der Waals surface area contributed by atoms with Gasteiger partial charge in [-0.1, -0.05) is 11.6 Å². The first-order chi connectivity index (χ1) is 10.6. The number of nitrogens with one attached hydrogen (secondary N) is 2. The van der Waals surface area contributed by atoms with Crippen molar-refractivity contribution in [2.24, 2.45) is 5.92 Å². The Morgan fingerprint density at radius 1 is 1.27 bits per heavy atom. The van der Waals surface area contributed by atoms with Crippen LogP contribution in [0.15, 0.2) is 24.3 Å². The first kappa shape index (κ1) is 15.3. The van der Waals surface area contributed by atoms with Crippen LogP contribution >= 0.6 is 11.6 Å². The molecule has 2 aliphatic heterocycles. The number of hydrogen-bond acceptors (Lipinski definition) is 3. The number of rotatable bonds is 3. The molecule has 118 valence electrons. The van der Waals surface area contributed by atoms with Crippen LogP contribution in [0.3, 0.4) is 0 Å². The molecule has 2 saturated heterocycles. The maximum Gasteiger partial charge on any atom is 0.249 e. The van der Waals surface area contributed by atoms with Crippen molar-refractivity contribution in [3.63, 3.8) is 0 Å². The molecule has 2 atom stereocenters. The molecule has 2 unspecified atom stereocenters. The molecular formula is C16H20ClN3O2. The Morgan fingerprint density at radius 2 is 2.05 bits per heavy atom. The molecule has 22 heavy (non-hydrogen) atoms. The van der Waals surface area contributed by atoms with Crippen LogP contribution in [0.25, 0.3) is 0 Å². The fraction of sp³-hybridized carbons (Fsp3) is 0.500. The maximum absolute atomic E-state index is 12.5. The van der Waals surface area contributed by atoms with E-state index in [1.807, 2.05) is 12.1 Å². The minimum Gasteiger partial charge on any atom is -0.344 e. The summed E-state index contributed by atoms with van der Waals surface area (Å²) >= 11 is 5.87. The van der Waals surface area contributed by atoms with E-state index in [9.17, 15) is 9.59 Å². The van der Waals surface area contributed by atoms with Crippen molar-refractivity contribution >= 4 is 29.1 Å². The maximum atomic E-state index is 12.5. The van der Waals surface area contributed by atoms with E-state index in [0.29, 0.717) is 24.5 Å². The van der Waals surface area contributed by atoms with Gasteiger partial charge in [-0.15, -0.1) is 0 Å². The lowest BCUT2D eigenvalue weighted by molar-refractivity contribution is -0.129. The summed E-state index contributed by atoms with van der Waals surface area (Å²) in [4.78, 5) is 26.4. The van der Waals surface area contributed by atoms with Gasteiger partial charge in [-0.3, -0.25) is 9.59 Å². The van der Waals surface area contributed by atoms with Gasteiger partial charge in [0.1, 0.15) is 6.04 Å². The van der Waals surface area contributed by atoms with E-state index in [2.05, 4.69) is 10.6 Å². The van der Waals surface area contributed by atoms with Crippen molar-refractivity contribution in [2.75, 3.05) is 24.5 Å². The molecule has 0 spiro atoms. The second-order valence-electron chi connectivity index (χ2n) is 5.86. The minimum absolute atomic E-state index is 0.0106. The number of amides is 2. The highest BCUT2D eigenvalue weighted by Crippen LogP contribution is 2.23. The van der Waals surface area contributed by atoms with Crippen molar-refractivity contribution in [1.82, 2.24) is 10.6 Å². The first-order valence-electron chi connectivity index (χ1n) is 7.73. The minimum atomic E-state index is -0.412. The van der Waals surface area contributed by atoms with Gasteiger partial charge in [-0.05, 0) is 50.1 Å². The summed E-state index contributed by atoms with van der Waals surface area (Å²) in [5, 5.41) is 6.78. The zero-order valence-electron chi connectivity index (χ0n) is 12.3. The molecule has 5 nitrogen and oxygen atoms in total. The molecular weight excluding hydrogens is 302 g/mol. The van der Waals surface area contributed by atoms with Crippen molar-refractivity contribution in [3.8, 4) is 0 Å². The third kappa shape index (κ3) is 3.25. The number of nitrogens with zero attached hydrogens (tertiary/aromatic N) is 1. The quantitative estimate of drug-likeness (QED) is 0.888. The van der Waals surface area contributed by atoms with Gasteiger partial charge in [0.25, 0.3) is 0 Å². The van der Waals surface area contributed by atoms with E-state index in [-0.39, 0.29) is 17.7 Å². The zero-order chi connectivity index (χ0) is 15.5. The van der Waals surface area contributed by atoms with Gasteiger partial charge >= 0.3 is 0 Å². The van der Waals surface area contributed by atoms with Crippen molar-refractivity contribution < 1.29 is 9.59 Å². The number of carbonyl (C=O) groups excluding carboxylic acids is 2. The summed E-state index contributed by atoms with van der Waals surface area (Å²) in [5.74, 6) is -0.0749. The molecule has 0 saturated carbocycles. The monoisotopic (exact) mass is 321 g/mol. The summed E-state index contributed by atoms with van der Waals surface area (Å²) < 4.78 is 0. The molecule has 6 heteroatoms. The van der Waals surface area contributed by atoms with Gasteiger partial charge in [0.05, 0.1) is 5.92 Å². The van der Waals surface area contributed by atoms with E-state index in [0.717, 1.165) is 25.1 Å². The summed E-state index contributed by atoms with van der Waals surface area (Å²) in [6.07, 6.45) is 2.54. The average molecular weight is 322 g/mol. The van der Waals surface area contributed by atoms with Crippen LogP contribution in [0.1, 0.15) is 19.3 Å². The Bertz CT molecular complexity index is 555. The number of halogens is 1. The van der Waals surface area contributed by atoms with Crippen molar-refractivity contribution in [1.29, 1.82) is 0 Å². The van der Waals surface area contributed by atoms with Gasteiger partial charge < -0.3 is 15.5 Å². The molecule has 0 aliphatic carbocycles. The van der Waals surface area contributed by atoms with E-state index in [4.69, 9.17) is 11.6 Å². The normalized spacial score (nSPS) is 25.3. The summed E-state index contributed by atoms with van der Waals surface area (Å²) in [5.41, 5.74) is 0.825. The lowest BCUT2D eigenvalue weighted by atomic mass is 9.98.